The van der Waals surface area contributed by atoms with Crippen LogP contribution < -0.4 is 5.32 Å². The first kappa shape index (κ1) is 29.9. The largest absolute Gasteiger partial charge is 0.341 e. The predicted molar refractivity (Wildman–Crippen MR) is 161 cm³/mol. The number of nitrogens with one attached hydrogen (secondary N) is 1. The first-order valence-electron chi connectivity index (χ1n) is 15.1. The molecule has 0 aliphatic carbocycles. The third-order valence-corrected chi connectivity index (χ3v) is 9.01. The number of carbonyl (C=O) groups is 3. The van der Waals surface area contributed by atoms with Gasteiger partial charge in [-0.05, 0) is 91.5 Å². The minimum atomic E-state index is -0.497. The van der Waals surface area contributed by atoms with Crippen LogP contribution in [0.15, 0.2) is 36.7 Å². The number of carbonyl (C=O) groups excluding carboxylic acids is 3. The Balaban J connectivity index is 1.46. The number of rotatable bonds is 7. The van der Waals surface area contributed by atoms with E-state index in [0.29, 0.717) is 54.9 Å². The highest BCUT2D eigenvalue weighted by molar-refractivity contribution is 6.11. The lowest BCUT2D eigenvalue weighted by atomic mass is 9.87. The smallest absolute Gasteiger partial charge is 0.256 e. The van der Waals surface area contributed by atoms with Crippen LogP contribution in [-0.2, 0) is 4.79 Å². The first-order valence-corrected chi connectivity index (χ1v) is 15.1. The number of hydrogen-bond acceptors (Lipinski definition) is 5. The monoisotopic (exact) mass is 575 g/mol. The maximum Gasteiger partial charge on any atom is 0.256 e. The molecule has 0 unspecified atom stereocenters. The normalized spacial score (nSPS) is 19.0. The Morgan fingerprint density at radius 3 is 2.48 bits per heavy atom. The van der Waals surface area contributed by atoms with Gasteiger partial charge in [-0.3, -0.25) is 19.4 Å². The number of benzene rings is 1. The van der Waals surface area contributed by atoms with Crippen LogP contribution in [0.2, 0.25) is 0 Å². The van der Waals surface area contributed by atoms with Gasteiger partial charge in [-0.15, -0.1) is 0 Å². The summed E-state index contributed by atoms with van der Waals surface area (Å²) in [6, 6.07) is 5.83. The Labute approximate surface area is 247 Å². The maximum atomic E-state index is 14.5. The standard InChI is InChI=1S/C33H42FN5O3/c1-7-38(20(2)3)31(41)25-18-23(34)8-9-27(25)39-21(4)29(24-11-15-35-19-28(24)39)30(40)22-12-16-37(17-13-22)32(42)26-10-14-33(5,6)36-26/h8-9,11,15,18-20,22,26,36H,7,10,12-14,16-17H2,1-6H3/t26-/m0/s1. The number of likely N-dealkylation sites (tertiary alicyclic amines) is 1. The predicted octanol–water partition coefficient (Wildman–Crippen LogP) is 5.30. The Kier molecular flexibility index (Phi) is 8.25. The minimum absolute atomic E-state index is 0.0297. The summed E-state index contributed by atoms with van der Waals surface area (Å²) in [7, 11) is 0. The van der Waals surface area contributed by atoms with E-state index < -0.39 is 5.82 Å². The van der Waals surface area contributed by atoms with Crippen LogP contribution in [0, 0.1) is 18.7 Å². The zero-order valence-corrected chi connectivity index (χ0v) is 25.5. The molecule has 4 heterocycles. The minimum Gasteiger partial charge on any atom is -0.341 e. The summed E-state index contributed by atoms with van der Waals surface area (Å²) in [5.74, 6) is -0.831. The fraction of sp³-hybridized carbons (Fsp3) is 0.515. The van der Waals surface area contributed by atoms with Crippen LogP contribution in [0.5, 0.6) is 0 Å². The van der Waals surface area contributed by atoms with Gasteiger partial charge < -0.3 is 19.7 Å². The zero-order chi connectivity index (χ0) is 30.3. The second kappa shape index (κ2) is 11.6. The van der Waals surface area contributed by atoms with E-state index in [9.17, 15) is 18.8 Å². The third-order valence-electron chi connectivity index (χ3n) is 9.01. The van der Waals surface area contributed by atoms with Crippen molar-refractivity contribution in [3.05, 3.63) is 59.3 Å². The van der Waals surface area contributed by atoms with Gasteiger partial charge in [0, 0.05) is 60.0 Å². The van der Waals surface area contributed by atoms with Crippen LogP contribution in [0.1, 0.15) is 86.7 Å². The molecule has 1 aromatic carbocycles. The highest BCUT2D eigenvalue weighted by atomic mass is 19.1. The van der Waals surface area contributed by atoms with E-state index >= 15 is 0 Å². The molecule has 0 saturated carbocycles. The van der Waals surface area contributed by atoms with Crippen molar-refractivity contribution in [3.63, 3.8) is 0 Å². The summed E-state index contributed by atoms with van der Waals surface area (Å²) in [5, 5.41) is 4.20. The zero-order valence-electron chi connectivity index (χ0n) is 25.5. The Bertz CT molecular complexity index is 1520. The van der Waals surface area contributed by atoms with Gasteiger partial charge in [0.15, 0.2) is 5.78 Å². The SMILES string of the molecule is CCN(C(=O)c1cc(F)ccc1-n1c(C)c(C(=O)C2CCN(C(=O)[C@@H]3CCC(C)(C)N3)CC2)c2ccncc21)C(C)C. The average Bonchev–Trinajstić information content (AvgIpc) is 3.48. The van der Waals surface area contributed by atoms with Crippen LogP contribution in [0.25, 0.3) is 16.6 Å². The van der Waals surface area contributed by atoms with Gasteiger partial charge >= 0.3 is 0 Å². The summed E-state index contributed by atoms with van der Waals surface area (Å²) < 4.78 is 16.4. The van der Waals surface area contributed by atoms with Crippen LogP contribution >= 0.6 is 0 Å². The number of piperidine rings is 1. The number of amides is 2. The van der Waals surface area contributed by atoms with Crippen LogP contribution in [0.4, 0.5) is 4.39 Å². The molecule has 9 heteroatoms. The van der Waals surface area contributed by atoms with Crippen molar-refractivity contribution in [1.82, 2.24) is 24.7 Å². The van der Waals surface area contributed by atoms with Crippen molar-refractivity contribution in [2.24, 2.45) is 5.92 Å². The molecule has 2 aliphatic heterocycles. The average molecular weight is 576 g/mol. The molecule has 0 radical (unpaired) electrons. The molecule has 0 spiro atoms. The van der Waals surface area contributed by atoms with Gasteiger partial charge in [-0.25, -0.2) is 4.39 Å². The van der Waals surface area contributed by atoms with Gasteiger partial charge in [-0.2, -0.15) is 0 Å². The molecule has 5 rings (SSSR count). The quantitative estimate of drug-likeness (QED) is 0.387. The lowest BCUT2D eigenvalue weighted by Crippen LogP contribution is -2.50. The molecule has 2 fully saturated rings. The van der Waals surface area contributed by atoms with Gasteiger partial charge in [0.05, 0.1) is 29.0 Å². The number of nitrogens with zero attached hydrogens (tertiary/aromatic N) is 4. The van der Waals surface area contributed by atoms with Crippen molar-refractivity contribution in [3.8, 4) is 5.69 Å². The molecule has 3 aromatic rings. The lowest BCUT2D eigenvalue weighted by molar-refractivity contribution is -0.134. The van der Waals surface area contributed by atoms with Gasteiger partial charge in [0.2, 0.25) is 5.91 Å². The second-order valence-corrected chi connectivity index (χ2v) is 12.6. The summed E-state index contributed by atoms with van der Waals surface area (Å²) >= 11 is 0. The molecule has 0 bridgehead atoms. The van der Waals surface area contributed by atoms with Crippen LogP contribution in [0.3, 0.4) is 0 Å². The summed E-state index contributed by atoms with van der Waals surface area (Å²) in [6.45, 7) is 13.5. The molecule has 2 saturated heterocycles. The molecular formula is C33H42FN5O3. The number of pyridine rings is 1. The number of Topliss-reactive ketones (excluding diaryl/α,β-unsaturated/α-hetero) is 1. The summed E-state index contributed by atoms with van der Waals surface area (Å²) in [4.78, 5) is 48.8. The number of hydrogen-bond donors (Lipinski definition) is 1. The number of halogens is 1. The Morgan fingerprint density at radius 1 is 1.14 bits per heavy atom. The topological polar surface area (TPSA) is 87.5 Å². The van der Waals surface area contributed by atoms with Crippen molar-refractivity contribution in [2.75, 3.05) is 19.6 Å². The highest BCUT2D eigenvalue weighted by Gasteiger charge is 2.38. The van der Waals surface area contributed by atoms with E-state index in [4.69, 9.17) is 0 Å². The van der Waals surface area contributed by atoms with Crippen molar-refractivity contribution in [1.29, 1.82) is 0 Å². The molecule has 8 nitrogen and oxygen atoms in total. The molecule has 42 heavy (non-hydrogen) atoms. The molecule has 224 valence electrons. The highest BCUT2D eigenvalue weighted by Crippen LogP contribution is 2.35. The third kappa shape index (κ3) is 5.46. The summed E-state index contributed by atoms with van der Waals surface area (Å²) in [6.07, 6.45) is 6.34. The maximum absolute atomic E-state index is 14.5. The van der Waals surface area contributed by atoms with Gasteiger partial charge in [0.1, 0.15) is 5.82 Å². The van der Waals surface area contributed by atoms with Gasteiger partial charge in [-0.1, -0.05) is 0 Å². The fourth-order valence-corrected chi connectivity index (χ4v) is 6.75. The molecular weight excluding hydrogens is 533 g/mol. The molecule has 2 aromatic heterocycles. The Hall–Kier alpha value is -3.59. The van der Waals surface area contributed by atoms with E-state index in [1.165, 1.54) is 12.1 Å². The summed E-state index contributed by atoms with van der Waals surface area (Å²) in [5.41, 5.74) is 2.69. The molecule has 2 amide bonds. The second-order valence-electron chi connectivity index (χ2n) is 12.6. The van der Waals surface area contributed by atoms with Crippen molar-refractivity contribution in [2.45, 2.75) is 84.8 Å². The number of ketones is 1. The first-order chi connectivity index (χ1) is 19.9. The van der Waals surface area contributed by atoms with E-state index in [2.05, 4.69) is 24.1 Å². The fourth-order valence-electron chi connectivity index (χ4n) is 6.75. The van der Waals surface area contributed by atoms with Crippen molar-refractivity contribution < 1.29 is 18.8 Å². The Morgan fingerprint density at radius 2 is 1.86 bits per heavy atom. The van der Waals surface area contributed by atoms with Gasteiger partial charge in [0.25, 0.3) is 5.91 Å². The van der Waals surface area contributed by atoms with E-state index in [1.807, 2.05) is 43.2 Å². The molecule has 2 aliphatic rings. The molecule has 1 atom stereocenters. The number of aromatic nitrogens is 2. The van der Waals surface area contributed by atoms with E-state index in [1.54, 1.807) is 23.4 Å². The lowest BCUT2D eigenvalue weighted by Gasteiger charge is -2.33. The van der Waals surface area contributed by atoms with E-state index in [0.717, 1.165) is 18.2 Å². The van der Waals surface area contributed by atoms with Crippen LogP contribution in [-0.4, -0.2) is 74.2 Å². The van der Waals surface area contributed by atoms with E-state index in [-0.39, 0.29) is 46.7 Å². The number of fused-ring (bicyclic) bond motifs is 1. The van der Waals surface area contributed by atoms with Crippen molar-refractivity contribution >= 4 is 28.5 Å². The molecule has 1 N–H and O–H groups in total.